The van der Waals surface area contributed by atoms with Crippen molar-refractivity contribution >= 4 is 17.3 Å². The van der Waals surface area contributed by atoms with Crippen molar-refractivity contribution in [3.8, 4) is 0 Å². The lowest BCUT2D eigenvalue weighted by molar-refractivity contribution is 0.735. The first kappa shape index (κ1) is 14.8. The summed E-state index contributed by atoms with van der Waals surface area (Å²) < 4.78 is 0. The third-order valence-corrected chi connectivity index (χ3v) is 4.06. The molecule has 0 saturated carbocycles. The summed E-state index contributed by atoms with van der Waals surface area (Å²) in [6.45, 7) is 0. The third kappa shape index (κ3) is 3.55. The molecular weight excluding hydrogens is 290 g/mol. The maximum Gasteiger partial charge on any atom is 0.0781 e. The molecule has 2 heteroatoms. The van der Waals surface area contributed by atoms with Crippen molar-refractivity contribution in [2.45, 2.75) is 6.42 Å². The molecule has 0 N–H and O–H groups in total. The Morgan fingerprint density at radius 3 is 2.09 bits per heavy atom. The van der Waals surface area contributed by atoms with E-state index in [1.165, 1.54) is 0 Å². The van der Waals surface area contributed by atoms with Gasteiger partial charge >= 0.3 is 0 Å². The highest BCUT2D eigenvalue weighted by Gasteiger charge is 2.11. The Hall–Kier alpha value is -2.12. The predicted molar refractivity (Wildman–Crippen MR) is 94.6 cm³/mol. The van der Waals surface area contributed by atoms with E-state index >= 15 is 0 Å². The van der Waals surface area contributed by atoms with E-state index in [0.717, 1.165) is 29.0 Å². The van der Waals surface area contributed by atoms with Crippen LogP contribution in [0.1, 0.15) is 17.5 Å². The Labute approximate surface area is 136 Å². The Kier molecular flexibility index (Phi) is 4.87. The topological polar surface area (TPSA) is 12.4 Å². The minimum absolute atomic E-state index is 0.373. The minimum atomic E-state index is 0.373. The molecule has 1 nitrogen and oxygen atoms in total. The van der Waals surface area contributed by atoms with Crippen molar-refractivity contribution in [2.24, 2.45) is 10.9 Å². The molecule has 110 valence electrons. The van der Waals surface area contributed by atoms with Gasteiger partial charge < -0.3 is 0 Å². The number of alkyl halides is 1. The van der Waals surface area contributed by atoms with E-state index < -0.39 is 0 Å². The zero-order valence-electron chi connectivity index (χ0n) is 12.3. The molecule has 1 aliphatic rings. The summed E-state index contributed by atoms with van der Waals surface area (Å²) in [7, 11) is 0. The molecule has 0 bridgehead atoms. The van der Waals surface area contributed by atoms with Crippen molar-refractivity contribution < 1.29 is 0 Å². The second-order valence-corrected chi connectivity index (χ2v) is 5.65. The molecule has 22 heavy (non-hydrogen) atoms. The maximum atomic E-state index is 5.99. The summed E-state index contributed by atoms with van der Waals surface area (Å²) in [5.74, 6) is 1.01. The number of allylic oxidation sites excluding steroid dienone is 3. The van der Waals surface area contributed by atoms with Crippen LogP contribution in [0.2, 0.25) is 0 Å². The number of benzene rings is 2. The summed E-state index contributed by atoms with van der Waals surface area (Å²) in [5.41, 5.74) is 4.22. The summed E-state index contributed by atoms with van der Waals surface area (Å²) in [4.78, 5) is 4.91. The van der Waals surface area contributed by atoms with Crippen LogP contribution in [0.5, 0.6) is 0 Å². The number of aliphatic imine (C=N–C) groups is 1. The molecule has 0 radical (unpaired) electrons. The lowest BCUT2D eigenvalue weighted by Gasteiger charge is -2.13. The molecule has 0 aliphatic heterocycles. The first-order valence-electron chi connectivity index (χ1n) is 7.50. The van der Waals surface area contributed by atoms with Gasteiger partial charge in [-0.2, -0.15) is 0 Å². The molecule has 2 aromatic carbocycles. The van der Waals surface area contributed by atoms with Crippen LogP contribution in [0.4, 0.5) is 0 Å². The fourth-order valence-electron chi connectivity index (χ4n) is 2.53. The molecule has 0 fully saturated rings. The number of hydrogen-bond acceptors (Lipinski definition) is 1. The highest BCUT2D eigenvalue weighted by molar-refractivity contribution is 6.18. The van der Waals surface area contributed by atoms with E-state index in [1.807, 2.05) is 36.4 Å². The van der Waals surface area contributed by atoms with Gasteiger partial charge in [0.15, 0.2) is 0 Å². The van der Waals surface area contributed by atoms with Crippen LogP contribution in [-0.2, 0) is 0 Å². The van der Waals surface area contributed by atoms with E-state index in [9.17, 15) is 0 Å². The van der Waals surface area contributed by atoms with Crippen molar-refractivity contribution in [1.82, 2.24) is 0 Å². The molecule has 0 saturated heterocycles. The SMILES string of the molecule is ClC[C@H]1C=C(N=C(c2ccccc2)c2ccccc2)C=CC1. The van der Waals surface area contributed by atoms with Crippen LogP contribution in [0, 0.1) is 5.92 Å². The normalized spacial score (nSPS) is 17.0. The molecule has 0 amide bonds. The standard InChI is InChI=1S/C20H18ClN/c21-15-16-8-7-13-19(14-16)22-20(17-9-3-1-4-10-17)18-11-5-2-6-12-18/h1-7,9-14,16H,8,15H2/t16-/m1/s1. The van der Waals surface area contributed by atoms with Crippen LogP contribution in [0.15, 0.2) is 89.6 Å². The van der Waals surface area contributed by atoms with Gasteiger partial charge in [0.05, 0.1) is 11.4 Å². The molecule has 0 unspecified atom stereocenters. The van der Waals surface area contributed by atoms with Crippen LogP contribution in [0.3, 0.4) is 0 Å². The zero-order valence-corrected chi connectivity index (χ0v) is 13.1. The molecule has 0 aromatic heterocycles. The smallest absolute Gasteiger partial charge is 0.0781 e. The maximum absolute atomic E-state index is 5.99. The quantitative estimate of drug-likeness (QED) is 0.542. The van der Waals surface area contributed by atoms with E-state index in [0.29, 0.717) is 11.8 Å². The molecule has 1 aliphatic carbocycles. The molecule has 0 heterocycles. The van der Waals surface area contributed by atoms with E-state index in [1.54, 1.807) is 0 Å². The predicted octanol–water partition coefficient (Wildman–Crippen LogP) is 5.22. The Morgan fingerprint density at radius 2 is 1.55 bits per heavy atom. The Morgan fingerprint density at radius 1 is 0.955 bits per heavy atom. The van der Waals surface area contributed by atoms with E-state index in [-0.39, 0.29) is 0 Å². The summed E-state index contributed by atoms with van der Waals surface area (Å²) in [5, 5.41) is 0. The zero-order chi connectivity index (χ0) is 15.2. The van der Waals surface area contributed by atoms with Crippen molar-refractivity contribution in [1.29, 1.82) is 0 Å². The van der Waals surface area contributed by atoms with Gasteiger partial charge in [-0.15, -0.1) is 11.6 Å². The summed E-state index contributed by atoms with van der Waals surface area (Å²) in [6.07, 6.45) is 7.39. The third-order valence-electron chi connectivity index (χ3n) is 3.67. The second kappa shape index (κ2) is 7.24. The largest absolute Gasteiger partial charge is 0.248 e. The van der Waals surface area contributed by atoms with Gasteiger partial charge in [0.25, 0.3) is 0 Å². The molecule has 1 atom stereocenters. The molecule has 3 rings (SSSR count). The van der Waals surface area contributed by atoms with Crippen LogP contribution in [-0.4, -0.2) is 11.6 Å². The van der Waals surface area contributed by atoms with Crippen molar-refractivity contribution in [2.75, 3.05) is 5.88 Å². The van der Waals surface area contributed by atoms with Gasteiger partial charge in [0.2, 0.25) is 0 Å². The number of nitrogens with zero attached hydrogens (tertiary/aromatic N) is 1. The van der Waals surface area contributed by atoms with Crippen LogP contribution >= 0.6 is 11.6 Å². The summed E-state index contributed by atoms with van der Waals surface area (Å²) >= 11 is 5.99. The lowest BCUT2D eigenvalue weighted by atomic mass is 9.99. The monoisotopic (exact) mass is 307 g/mol. The van der Waals surface area contributed by atoms with Gasteiger partial charge in [0, 0.05) is 17.0 Å². The first-order chi connectivity index (χ1) is 10.9. The lowest BCUT2D eigenvalue weighted by Crippen LogP contribution is -2.06. The average Bonchev–Trinajstić information content (AvgIpc) is 2.61. The second-order valence-electron chi connectivity index (χ2n) is 5.34. The van der Waals surface area contributed by atoms with Crippen molar-refractivity contribution in [3.05, 3.63) is 95.7 Å². The van der Waals surface area contributed by atoms with Gasteiger partial charge in [-0.25, -0.2) is 4.99 Å². The van der Waals surface area contributed by atoms with Crippen LogP contribution < -0.4 is 0 Å². The van der Waals surface area contributed by atoms with E-state index in [4.69, 9.17) is 16.6 Å². The highest BCUT2D eigenvalue weighted by Crippen LogP contribution is 2.21. The minimum Gasteiger partial charge on any atom is -0.248 e. The summed E-state index contributed by atoms with van der Waals surface area (Å²) in [6, 6.07) is 20.6. The molecular formula is C20H18ClN. The van der Waals surface area contributed by atoms with Gasteiger partial charge in [-0.05, 0) is 18.4 Å². The average molecular weight is 308 g/mol. The number of halogens is 1. The number of hydrogen-bond donors (Lipinski definition) is 0. The fourth-order valence-corrected chi connectivity index (χ4v) is 2.74. The van der Waals surface area contributed by atoms with E-state index in [2.05, 4.69) is 42.5 Å². The fraction of sp³-hybridized carbons (Fsp3) is 0.150. The first-order valence-corrected chi connectivity index (χ1v) is 8.04. The molecule has 0 spiro atoms. The highest BCUT2D eigenvalue weighted by atomic mass is 35.5. The Balaban J connectivity index is 2.05. The number of rotatable bonds is 4. The Bertz CT molecular complexity index is 658. The van der Waals surface area contributed by atoms with Gasteiger partial charge in [0.1, 0.15) is 0 Å². The molecule has 2 aromatic rings. The van der Waals surface area contributed by atoms with Crippen LogP contribution in [0.25, 0.3) is 0 Å². The van der Waals surface area contributed by atoms with Crippen molar-refractivity contribution in [3.63, 3.8) is 0 Å². The van der Waals surface area contributed by atoms with Gasteiger partial charge in [-0.1, -0.05) is 72.8 Å². The van der Waals surface area contributed by atoms with Gasteiger partial charge in [-0.3, -0.25) is 0 Å².